The van der Waals surface area contributed by atoms with Crippen LogP contribution in [-0.4, -0.2) is 53.9 Å². The summed E-state index contributed by atoms with van der Waals surface area (Å²) in [5.74, 6) is 2.30. The van der Waals surface area contributed by atoms with Crippen molar-refractivity contribution in [2.24, 2.45) is 5.92 Å². The fourth-order valence-corrected chi connectivity index (χ4v) is 3.52. The molecule has 1 aliphatic heterocycles. The smallest absolute Gasteiger partial charge is 0.228 e. The highest BCUT2D eigenvalue weighted by Crippen LogP contribution is 2.24. The molecule has 5 heterocycles. The molecule has 0 saturated carbocycles. The first-order chi connectivity index (χ1) is 15.3. The highest BCUT2D eigenvalue weighted by molar-refractivity contribution is 5.92. The molecule has 5 rings (SSSR count). The number of hydrogen-bond donors (Lipinski definition) is 1. The number of rotatable bonds is 5. The van der Waals surface area contributed by atoms with Gasteiger partial charge in [0.2, 0.25) is 5.91 Å². The van der Waals surface area contributed by atoms with E-state index in [9.17, 15) is 4.79 Å². The molecule has 0 bridgehead atoms. The van der Waals surface area contributed by atoms with Gasteiger partial charge in [-0.1, -0.05) is 0 Å². The number of hydrogen-bond acceptors (Lipinski definition) is 9. The molecule has 0 aromatic carbocycles. The SMILES string of the molecule is O=C(Nc1cc(-n2cncn2)ncn1)C1CCN(c2ccc(-c3ccco3)nn2)CC1. The number of anilines is 2. The van der Waals surface area contributed by atoms with E-state index in [1.807, 2.05) is 24.3 Å². The van der Waals surface area contributed by atoms with E-state index in [4.69, 9.17) is 4.42 Å². The largest absolute Gasteiger partial charge is 0.463 e. The predicted octanol–water partition coefficient (Wildman–Crippen LogP) is 1.96. The second-order valence-corrected chi connectivity index (χ2v) is 7.11. The molecular weight excluding hydrogens is 398 g/mol. The number of piperidine rings is 1. The maximum absolute atomic E-state index is 12.7. The summed E-state index contributed by atoms with van der Waals surface area (Å²) in [5, 5.41) is 15.5. The lowest BCUT2D eigenvalue weighted by Crippen LogP contribution is -2.38. The summed E-state index contributed by atoms with van der Waals surface area (Å²) in [4.78, 5) is 27.0. The second kappa shape index (κ2) is 8.30. The van der Waals surface area contributed by atoms with Gasteiger partial charge >= 0.3 is 0 Å². The minimum Gasteiger partial charge on any atom is -0.463 e. The normalized spacial score (nSPS) is 14.5. The Balaban J connectivity index is 1.18. The zero-order valence-corrected chi connectivity index (χ0v) is 16.5. The molecule has 0 atom stereocenters. The van der Waals surface area contributed by atoms with E-state index >= 15 is 0 Å². The molecular formula is C20H19N9O2. The van der Waals surface area contributed by atoms with E-state index in [-0.39, 0.29) is 11.8 Å². The van der Waals surface area contributed by atoms with E-state index in [1.54, 1.807) is 12.3 Å². The van der Waals surface area contributed by atoms with E-state index in [0.29, 0.717) is 35.9 Å². The first kappa shape index (κ1) is 18.9. The molecule has 1 fully saturated rings. The fraction of sp³-hybridized carbons (Fsp3) is 0.250. The van der Waals surface area contributed by atoms with Crippen molar-refractivity contribution in [2.75, 3.05) is 23.3 Å². The molecule has 1 aliphatic rings. The molecule has 0 unspecified atom stereocenters. The van der Waals surface area contributed by atoms with Crippen molar-refractivity contribution in [3.05, 3.63) is 55.6 Å². The molecule has 31 heavy (non-hydrogen) atoms. The molecule has 156 valence electrons. The maximum atomic E-state index is 12.7. The third kappa shape index (κ3) is 4.10. The van der Waals surface area contributed by atoms with Crippen molar-refractivity contribution in [1.82, 2.24) is 34.9 Å². The van der Waals surface area contributed by atoms with Gasteiger partial charge in [-0.3, -0.25) is 4.79 Å². The van der Waals surface area contributed by atoms with Crippen molar-refractivity contribution < 1.29 is 9.21 Å². The number of amides is 1. The molecule has 4 aromatic rings. The standard InChI is InChI=1S/C20H19N9O2/c30-20(25-17-10-19(23-12-22-17)29-13-21-11-24-29)14-5-7-28(8-6-14)18-4-3-15(26-27-18)16-2-1-9-31-16/h1-4,9-14H,5-8H2,(H,22,23,25,30). The minimum absolute atomic E-state index is 0.0536. The maximum Gasteiger partial charge on any atom is 0.228 e. The number of carbonyl (C=O) groups excluding carboxylic acids is 1. The number of nitrogens with zero attached hydrogens (tertiary/aromatic N) is 8. The summed E-state index contributed by atoms with van der Waals surface area (Å²) >= 11 is 0. The second-order valence-electron chi connectivity index (χ2n) is 7.11. The van der Waals surface area contributed by atoms with Crippen molar-refractivity contribution in [2.45, 2.75) is 12.8 Å². The fourth-order valence-electron chi connectivity index (χ4n) is 3.52. The van der Waals surface area contributed by atoms with Crippen LogP contribution in [-0.2, 0) is 4.79 Å². The molecule has 4 aromatic heterocycles. The van der Waals surface area contributed by atoms with Gasteiger partial charge in [-0.05, 0) is 37.1 Å². The number of nitrogens with one attached hydrogen (secondary N) is 1. The molecule has 1 N–H and O–H groups in total. The van der Waals surface area contributed by atoms with Crippen molar-refractivity contribution >= 4 is 17.5 Å². The van der Waals surface area contributed by atoms with Crippen LogP contribution in [0.25, 0.3) is 17.3 Å². The average Bonchev–Trinajstić information content (AvgIpc) is 3.54. The Hall–Kier alpha value is -4.15. The third-order valence-corrected chi connectivity index (χ3v) is 5.17. The minimum atomic E-state index is -0.101. The lowest BCUT2D eigenvalue weighted by atomic mass is 9.96. The lowest BCUT2D eigenvalue weighted by Gasteiger charge is -2.31. The average molecular weight is 417 g/mol. The highest BCUT2D eigenvalue weighted by atomic mass is 16.3. The summed E-state index contributed by atoms with van der Waals surface area (Å²) in [7, 11) is 0. The topological polar surface area (TPSA) is 128 Å². The number of carbonyl (C=O) groups is 1. The summed E-state index contributed by atoms with van der Waals surface area (Å²) in [5.41, 5.74) is 0.693. The van der Waals surface area contributed by atoms with Gasteiger partial charge in [-0.25, -0.2) is 19.6 Å². The molecule has 11 nitrogen and oxygen atoms in total. The van der Waals surface area contributed by atoms with Crippen LogP contribution in [0.3, 0.4) is 0 Å². The van der Waals surface area contributed by atoms with Gasteiger partial charge in [0.1, 0.15) is 30.5 Å². The Labute approximate surface area is 177 Å². The van der Waals surface area contributed by atoms with E-state index < -0.39 is 0 Å². The van der Waals surface area contributed by atoms with Crippen molar-refractivity contribution in [3.63, 3.8) is 0 Å². The van der Waals surface area contributed by atoms with Crippen LogP contribution in [0.2, 0.25) is 0 Å². The van der Waals surface area contributed by atoms with Gasteiger partial charge in [-0.2, -0.15) is 5.10 Å². The van der Waals surface area contributed by atoms with Crippen LogP contribution in [0, 0.1) is 5.92 Å². The third-order valence-electron chi connectivity index (χ3n) is 5.17. The van der Waals surface area contributed by atoms with Crippen molar-refractivity contribution in [3.8, 4) is 17.3 Å². The molecule has 1 saturated heterocycles. The number of aromatic nitrogens is 7. The highest BCUT2D eigenvalue weighted by Gasteiger charge is 2.26. The molecule has 0 aliphatic carbocycles. The van der Waals surface area contributed by atoms with Crippen molar-refractivity contribution in [1.29, 1.82) is 0 Å². The van der Waals surface area contributed by atoms with Gasteiger partial charge in [0, 0.05) is 25.1 Å². The van der Waals surface area contributed by atoms with Crippen LogP contribution in [0.1, 0.15) is 12.8 Å². The van der Waals surface area contributed by atoms with E-state index in [1.165, 1.54) is 23.7 Å². The molecule has 0 spiro atoms. The Morgan fingerprint density at radius 1 is 1.06 bits per heavy atom. The molecule has 0 radical (unpaired) electrons. The number of furan rings is 1. The van der Waals surface area contributed by atoms with Crippen LogP contribution >= 0.6 is 0 Å². The quantitative estimate of drug-likeness (QED) is 0.518. The van der Waals surface area contributed by atoms with Gasteiger partial charge in [0.05, 0.1) is 6.26 Å². The first-order valence-corrected chi connectivity index (χ1v) is 9.87. The lowest BCUT2D eigenvalue weighted by molar-refractivity contribution is -0.120. The Morgan fingerprint density at radius 3 is 2.68 bits per heavy atom. The van der Waals surface area contributed by atoms with E-state index in [0.717, 1.165) is 18.9 Å². The van der Waals surface area contributed by atoms with Gasteiger partial charge in [0.25, 0.3) is 0 Å². The van der Waals surface area contributed by atoms with Crippen LogP contribution in [0.15, 0.2) is 60.0 Å². The van der Waals surface area contributed by atoms with Crippen LogP contribution in [0.5, 0.6) is 0 Å². The molecule has 1 amide bonds. The van der Waals surface area contributed by atoms with Crippen LogP contribution in [0.4, 0.5) is 11.6 Å². The summed E-state index contributed by atoms with van der Waals surface area (Å²) in [6, 6.07) is 9.15. The summed E-state index contributed by atoms with van der Waals surface area (Å²) < 4.78 is 6.85. The van der Waals surface area contributed by atoms with Gasteiger partial charge in [-0.15, -0.1) is 10.2 Å². The molecule has 11 heteroatoms. The van der Waals surface area contributed by atoms with Gasteiger partial charge < -0.3 is 14.6 Å². The zero-order chi connectivity index (χ0) is 21.0. The Kier molecular flexibility index (Phi) is 5.05. The summed E-state index contributed by atoms with van der Waals surface area (Å²) in [6.07, 6.45) is 7.39. The predicted molar refractivity (Wildman–Crippen MR) is 110 cm³/mol. The van der Waals surface area contributed by atoms with Gasteiger partial charge in [0.15, 0.2) is 17.4 Å². The Bertz CT molecular complexity index is 1140. The zero-order valence-electron chi connectivity index (χ0n) is 16.5. The first-order valence-electron chi connectivity index (χ1n) is 9.87. The Morgan fingerprint density at radius 2 is 1.97 bits per heavy atom. The van der Waals surface area contributed by atoms with E-state index in [2.05, 4.69) is 40.5 Å². The monoisotopic (exact) mass is 417 g/mol. The van der Waals surface area contributed by atoms with Crippen LogP contribution < -0.4 is 10.2 Å². The summed E-state index contributed by atoms with van der Waals surface area (Å²) in [6.45, 7) is 1.45.